The fourth-order valence-corrected chi connectivity index (χ4v) is 2.15. The fraction of sp³-hybridized carbons (Fsp3) is 0.154. The molecule has 0 fully saturated rings. The molecule has 104 valence electrons. The Bertz CT molecular complexity index is 689. The third-order valence-electron chi connectivity index (χ3n) is 2.73. The first kappa shape index (κ1) is 14.3. The zero-order valence-corrected chi connectivity index (χ0v) is 12.5. The smallest absolute Gasteiger partial charge is 0.272 e. The molecule has 20 heavy (non-hydrogen) atoms. The minimum Gasteiger partial charge on any atom is -0.438 e. The van der Waals surface area contributed by atoms with Crippen LogP contribution in [0.15, 0.2) is 28.9 Å². The Morgan fingerprint density at radius 3 is 2.60 bits per heavy atom. The summed E-state index contributed by atoms with van der Waals surface area (Å²) in [6.45, 7) is 3.41. The van der Waals surface area contributed by atoms with Crippen LogP contribution in [-0.4, -0.2) is 9.91 Å². The monoisotopic (exact) mass is 337 g/mol. The molecule has 0 radical (unpaired) electrons. The molecule has 6 nitrogen and oxygen atoms in total. The summed E-state index contributed by atoms with van der Waals surface area (Å²) in [5.41, 5.74) is 7.38. The summed E-state index contributed by atoms with van der Waals surface area (Å²) in [7, 11) is 0. The first-order valence-electron chi connectivity index (χ1n) is 5.73. The molecule has 0 unspecified atom stereocenters. The van der Waals surface area contributed by atoms with E-state index in [0.717, 1.165) is 0 Å². The van der Waals surface area contributed by atoms with Gasteiger partial charge in [-0.05, 0) is 47.5 Å². The second-order valence-corrected chi connectivity index (χ2v) is 5.17. The van der Waals surface area contributed by atoms with Gasteiger partial charge in [0, 0.05) is 11.6 Å². The summed E-state index contributed by atoms with van der Waals surface area (Å²) in [5, 5.41) is 10.9. The number of aryl methyl sites for hydroxylation is 2. The van der Waals surface area contributed by atoms with Crippen molar-refractivity contribution in [1.82, 2.24) is 4.98 Å². The zero-order valence-electron chi connectivity index (χ0n) is 10.9. The molecule has 0 amide bonds. The molecule has 0 atom stereocenters. The molecule has 2 N–H and O–H groups in total. The maximum absolute atomic E-state index is 10.9. The minimum absolute atomic E-state index is 0.0687. The van der Waals surface area contributed by atoms with Gasteiger partial charge in [-0.25, -0.2) is 4.98 Å². The zero-order chi connectivity index (χ0) is 14.9. The molecule has 0 spiro atoms. The number of anilines is 1. The summed E-state index contributed by atoms with van der Waals surface area (Å²) in [6, 6.07) is 4.78. The van der Waals surface area contributed by atoms with Crippen LogP contribution in [0.4, 0.5) is 11.4 Å². The number of nitro benzene ring substituents is 1. The molecule has 0 aliphatic carbocycles. The molecule has 0 saturated heterocycles. The highest BCUT2D eigenvalue weighted by molar-refractivity contribution is 9.10. The Morgan fingerprint density at radius 1 is 1.30 bits per heavy atom. The number of nitrogen functional groups attached to an aromatic ring is 1. The van der Waals surface area contributed by atoms with Gasteiger partial charge in [0.2, 0.25) is 5.88 Å². The highest BCUT2D eigenvalue weighted by Crippen LogP contribution is 2.33. The van der Waals surface area contributed by atoms with Crippen molar-refractivity contribution < 1.29 is 9.66 Å². The Hall–Kier alpha value is -2.15. The molecule has 2 rings (SSSR count). The van der Waals surface area contributed by atoms with Crippen LogP contribution in [0.1, 0.15) is 11.1 Å². The number of aromatic nitrogens is 1. The molecule has 1 aromatic heterocycles. The van der Waals surface area contributed by atoms with Gasteiger partial charge in [-0.1, -0.05) is 0 Å². The maximum Gasteiger partial charge on any atom is 0.272 e. The van der Waals surface area contributed by atoms with Crippen LogP contribution in [0.2, 0.25) is 0 Å². The number of nitrogens with two attached hydrogens (primary N) is 1. The summed E-state index contributed by atoms with van der Waals surface area (Å²) < 4.78 is 6.29. The van der Waals surface area contributed by atoms with Gasteiger partial charge < -0.3 is 10.5 Å². The van der Waals surface area contributed by atoms with E-state index in [0.29, 0.717) is 32.9 Å². The molecule has 0 saturated carbocycles. The number of hydrogen-bond donors (Lipinski definition) is 1. The average Bonchev–Trinajstić information content (AvgIpc) is 2.36. The number of nitrogens with zero attached hydrogens (tertiary/aromatic N) is 2. The lowest BCUT2D eigenvalue weighted by molar-refractivity contribution is -0.385. The van der Waals surface area contributed by atoms with Crippen LogP contribution in [0.5, 0.6) is 11.6 Å². The van der Waals surface area contributed by atoms with Crippen LogP contribution in [0.25, 0.3) is 0 Å². The topological polar surface area (TPSA) is 91.3 Å². The number of benzene rings is 1. The average molecular weight is 338 g/mol. The second kappa shape index (κ2) is 5.46. The van der Waals surface area contributed by atoms with Gasteiger partial charge in [-0.15, -0.1) is 0 Å². The lowest BCUT2D eigenvalue weighted by Gasteiger charge is -2.10. The third kappa shape index (κ3) is 2.88. The molecule has 0 aliphatic heterocycles. The van der Waals surface area contributed by atoms with Crippen molar-refractivity contribution in [2.75, 3.05) is 5.73 Å². The van der Waals surface area contributed by atoms with Crippen LogP contribution >= 0.6 is 15.9 Å². The van der Waals surface area contributed by atoms with Crippen LogP contribution in [-0.2, 0) is 0 Å². The van der Waals surface area contributed by atoms with Crippen LogP contribution in [0, 0.1) is 24.0 Å². The van der Waals surface area contributed by atoms with E-state index in [-0.39, 0.29) is 5.69 Å². The largest absolute Gasteiger partial charge is 0.438 e. The van der Waals surface area contributed by atoms with Gasteiger partial charge in [0.1, 0.15) is 5.75 Å². The fourth-order valence-electron chi connectivity index (χ4n) is 1.70. The maximum atomic E-state index is 10.9. The standard InChI is InChI=1S/C13H12BrN3O3/c1-7-4-12(8(2)3-11(7)17(18)19)20-13-10(14)5-9(15)6-16-13/h3-6H,15H2,1-2H3. The predicted octanol–water partition coefficient (Wildman–Crippen LogP) is 3.74. The van der Waals surface area contributed by atoms with Gasteiger partial charge in [0.05, 0.1) is 21.3 Å². The number of nitro groups is 1. The molecule has 0 aliphatic rings. The molecule has 0 bridgehead atoms. The van der Waals surface area contributed by atoms with E-state index in [1.807, 2.05) is 0 Å². The predicted molar refractivity (Wildman–Crippen MR) is 79.0 cm³/mol. The Morgan fingerprint density at radius 2 is 2.00 bits per heavy atom. The number of pyridine rings is 1. The lowest BCUT2D eigenvalue weighted by atomic mass is 10.1. The third-order valence-corrected chi connectivity index (χ3v) is 3.29. The SMILES string of the molecule is Cc1cc([N+](=O)[O-])c(C)cc1Oc1ncc(N)cc1Br. The van der Waals surface area contributed by atoms with Gasteiger partial charge >= 0.3 is 0 Å². The molecule has 7 heteroatoms. The first-order chi connectivity index (χ1) is 9.38. The number of halogens is 1. The summed E-state index contributed by atoms with van der Waals surface area (Å²) in [5.74, 6) is 0.877. The van der Waals surface area contributed by atoms with Gasteiger partial charge in [-0.2, -0.15) is 0 Å². The van der Waals surface area contributed by atoms with E-state index >= 15 is 0 Å². The highest BCUT2D eigenvalue weighted by atomic mass is 79.9. The van der Waals surface area contributed by atoms with Crippen molar-refractivity contribution in [3.63, 3.8) is 0 Å². The normalized spacial score (nSPS) is 10.3. The summed E-state index contributed by atoms with van der Waals surface area (Å²) in [6.07, 6.45) is 1.48. The molecule has 1 aromatic carbocycles. The van der Waals surface area contributed by atoms with Crippen molar-refractivity contribution >= 4 is 27.3 Å². The van der Waals surface area contributed by atoms with E-state index in [9.17, 15) is 10.1 Å². The van der Waals surface area contributed by atoms with Crippen molar-refractivity contribution in [1.29, 1.82) is 0 Å². The summed E-state index contributed by atoms with van der Waals surface area (Å²) in [4.78, 5) is 14.5. The van der Waals surface area contributed by atoms with Gasteiger partial charge in [-0.3, -0.25) is 10.1 Å². The summed E-state index contributed by atoms with van der Waals surface area (Å²) >= 11 is 3.31. The number of hydrogen-bond acceptors (Lipinski definition) is 5. The van der Waals surface area contributed by atoms with E-state index in [4.69, 9.17) is 10.5 Å². The molecular formula is C13H12BrN3O3. The van der Waals surface area contributed by atoms with Crippen LogP contribution in [0.3, 0.4) is 0 Å². The second-order valence-electron chi connectivity index (χ2n) is 4.32. The number of rotatable bonds is 3. The quantitative estimate of drug-likeness (QED) is 0.680. The Kier molecular flexibility index (Phi) is 3.89. The van der Waals surface area contributed by atoms with Crippen molar-refractivity contribution in [2.24, 2.45) is 0 Å². The first-order valence-corrected chi connectivity index (χ1v) is 6.52. The minimum atomic E-state index is -0.413. The van der Waals surface area contributed by atoms with E-state index in [1.54, 1.807) is 26.0 Å². The lowest BCUT2D eigenvalue weighted by Crippen LogP contribution is -1.97. The van der Waals surface area contributed by atoms with E-state index in [2.05, 4.69) is 20.9 Å². The van der Waals surface area contributed by atoms with E-state index in [1.165, 1.54) is 12.3 Å². The van der Waals surface area contributed by atoms with Crippen molar-refractivity contribution in [3.8, 4) is 11.6 Å². The molecule has 1 heterocycles. The van der Waals surface area contributed by atoms with E-state index < -0.39 is 4.92 Å². The van der Waals surface area contributed by atoms with Gasteiger partial charge in [0.15, 0.2) is 0 Å². The van der Waals surface area contributed by atoms with Crippen molar-refractivity contribution in [3.05, 3.63) is 50.1 Å². The van der Waals surface area contributed by atoms with Crippen molar-refractivity contribution in [2.45, 2.75) is 13.8 Å². The highest BCUT2D eigenvalue weighted by Gasteiger charge is 2.15. The van der Waals surface area contributed by atoms with Gasteiger partial charge in [0.25, 0.3) is 5.69 Å². The van der Waals surface area contributed by atoms with Crippen LogP contribution < -0.4 is 10.5 Å². The Labute approximate surface area is 123 Å². The molecular weight excluding hydrogens is 326 g/mol. The number of ether oxygens (including phenoxy) is 1. The Balaban J connectivity index is 2.39. The molecule has 2 aromatic rings.